The summed E-state index contributed by atoms with van der Waals surface area (Å²) < 4.78 is 2.28. The molecule has 1 nitrogen and oxygen atoms in total. The maximum Gasteiger partial charge on any atom is -0.0253 e. The van der Waals surface area contributed by atoms with Gasteiger partial charge in [0.25, 0.3) is 0 Å². The monoisotopic (exact) mass is 601 g/mol. The molecule has 7 rings (SSSR count). The summed E-state index contributed by atoms with van der Waals surface area (Å²) in [6.07, 6.45) is 1.05. The summed E-state index contributed by atoms with van der Waals surface area (Å²) in [6.45, 7) is 4.31. The topological polar surface area (TPSA) is 4.93 Å². The number of nitrogens with zero attached hydrogens (tertiary/aromatic N) is 1. The molecule has 2 radical (unpaired) electrons. The van der Waals surface area contributed by atoms with Crippen LogP contribution in [0.1, 0.15) is 11.1 Å². The third-order valence-corrected chi connectivity index (χ3v) is 6.29. The normalized spacial score (nSPS) is 10.8. The van der Waals surface area contributed by atoms with Crippen molar-refractivity contribution in [3.8, 4) is 11.1 Å². The van der Waals surface area contributed by atoms with E-state index >= 15 is 0 Å². The smallest absolute Gasteiger partial charge is 0.0253 e. The van der Waals surface area contributed by atoms with Crippen LogP contribution in [0.2, 0.25) is 13.1 Å². The van der Waals surface area contributed by atoms with Crippen molar-refractivity contribution in [2.45, 2.75) is 19.5 Å². The number of aromatic nitrogens is 1. The number of benzene rings is 4. The van der Waals surface area contributed by atoms with E-state index in [-0.39, 0.29) is 0 Å². The fourth-order valence-electron chi connectivity index (χ4n) is 4.86. The molecule has 5 aromatic carbocycles. The molecule has 0 unspecified atom stereocenters. The number of hydrogen-bond acceptors (Lipinski definition) is 0. The van der Waals surface area contributed by atoms with E-state index in [1.54, 1.807) is 0 Å². The summed E-state index contributed by atoms with van der Waals surface area (Å²) in [6, 6.07) is 37.6. The van der Waals surface area contributed by atoms with E-state index in [2.05, 4.69) is 122 Å². The molecule has 0 saturated heterocycles. The summed E-state index contributed by atoms with van der Waals surface area (Å²) in [7, 11) is 13.1. The third kappa shape index (κ3) is 5.60. The Bertz CT molecular complexity index is 1540. The van der Waals surface area contributed by atoms with E-state index in [1.807, 2.05) is 6.07 Å². The molecule has 1 heterocycles. The molecule has 1 aromatic heterocycles. The number of hydrogen-bond donors (Lipinski definition) is 0. The van der Waals surface area contributed by atoms with Crippen LogP contribution in [-0.2, 0) is 34.3 Å². The van der Waals surface area contributed by atoms with Gasteiger partial charge in [-0.1, -0.05) is 78.1 Å². The van der Waals surface area contributed by atoms with E-state index in [1.165, 1.54) is 54.8 Å². The van der Waals surface area contributed by atoms with Gasteiger partial charge in [0.2, 0.25) is 0 Å². The van der Waals surface area contributed by atoms with Crippen LogP contribution in [-0.4, -0.2) is 14.1 Å². The molecule has 0 aliphatic heterocycles. The summed E-state index contributed by atoms with van der Waals surface area (Å²) in [5, 5.41) is 5.43. The van der Waals surface area contributed by atoms with Gasteiger partial charge >= 0.3 is 37.9 Å². The van der Waals surface area contributed by atoms with Crippen molar-refractivity contribution < 1.29 is 20.8 Å². The standard InChI is InChI=1S/C16H12N.C13H9.C2H6Si.2ClH.Zr/c1-17-14-9-5-4-8-13(14)16-12-7-3-2-6-11(12)10-15(16)17;1-3-7-12-10(5-1)9-11-6-2-4-8-13(11)12;1-3-2;;;/h2-10H,1H3;1-5,7-8H,9H2;1-2H3;2*1H;/q2*-1;;;;+4/p-2. The Morgan fingerprint density at radius 3 is 2.22 bits per heavy atom. The average molecular weight is 604 g/mol. The van der Waals surface area contributed by atoms with Crippen LogP contribution in [0.3, 0.4) is 0 Å². The molecule has 0 saturated carbocycles. The first kappa shape index (κ1) is 27.0. The van der Waals surface area contributed by atoms with Crippen molar-refractivity contribution in [1.29, 1.82) is 0 Å². The molecular formula is C31H27Cl2NSiZr. The summed E-state index contributed by atoms with van der Waals surface area (Å²) in [5.74, 6) is 0. The second-order valence-electron chi connectivity index (χ2n) is 8.54. The van der Waals surface area contributed by atoms with E-state index in [9.17, 15) is 0 Å². The Labute approximate surface area is 234 Å². The van der Waals surface area contributed by atoms with Gasteiger partial charge in [0.15, 0.2) is 0 Å². The molecule has 6 aromatic rings. The van der Waals surface area contributed by atoms with Crippen LogP contribution < -0.4 is 0 Å². The minimum Gasteiger partial charge on any atom is -0.179 e. The minimum atomic E-state index is -0.826. The Morgan fingerprint density at radius 1 is 0.833 bits per heavy atom. The summed E-state index contributed by atoms with van der Waals surface area (Å²) in [5.41, 5.74) is 8.15. The van der Waals surface area contributed by atoms with Crippen molar-refractivity contribution in [2.75, 3.05) is 0 Å². The Hall–Kier alpha value is -2.03. The van der Waals surface area contributed by atoms with Crippen molar-refractivity contribution in [3.05, 3.63) is 114 Å². The van der Waals surface area contributed by atoms with Gasteiger partial charge in [0.05, 0.1) is 0 Å². The largest absolute Gasteiger partial charge is 0.179 e. The van der Waals surface area contributed by atoms with Crippen LogP contribution in [0, 0.1) is 6.07 Å². The number of para-hydroxylation sites is 1. The summed E-state index contributed by atoms with van der Waals surface area (Å²) in [4.78, 5) is 0. The van der Waals surface area contributed by atoms with Crippen molar-refractivity contribution in [2.24, 2.45) is 7.05 Å². The first-order valence-electron chi connectivity index (χ1n) is 11.8. The maximum atomic E-state index is 4.93. The second-order valence-corrected chi connectivity index (χ2v) is 13.3. The predicted molar refractivity (Wildman–Crippen MR) is 156 cm³/mol. The maximum absolute atomic E-state index is 4.93. The van der Waals surface area contributed by atoms with Crippen LogP contribution >= 0.6 is 17.0 Å². The average Bonchev–Trinajstić information content (AvgIpc) is 3.56. The summed E-state index contributed by atoms with van der Waals surface area (Å²) >= 11 is -0.826. The zero-order valence-corrected chi connectivity index (χ0v) is 25.6. The molecule has 1 aliphatic carbocycles. The van der Waals surface area contributed by atoms with Crippen molar-refractivity contribution in [1.82, 2.24) is 4.57 Å². The second kappa shape index (κ2) is 13.0. The van der Waals surface area contributed by atoms with Gasteiger partial charge in [-0.25, -0.2) is 0 Å². The Kier molecular flexibility index (Phi) is 9.73. The number of rotatable bonds is 0. The van der Waals surface area contributed by atoms with Crippen molar-refractivity contribution in [3.63, 3.8) is 0 Å². The SMILES string of the molecule is C[Si]C.Cn1c2ccccc2c2c3ccccc3[cH-]c21.[Cl][Zr+2][Cl].[c-]1cccc2c1Cc1ccccc1-2. The van der Waals surface area contributed by atoms with Gasteiger partial charge in [-0.15, -0.1) is 40.6 Å². The first-order chi connectivity index (χ1) is 17.6. The molecule has 0 spiro atoms. The fraction of sp³-hybridized carbons (Fsp3) is 0.129. The fourth-order valence-corrected chi connectivity index (χ4v) is 4.86. The van der Waals surface area contributed by atoms with Crippen LogP contribution in [0.25, 0.3) is 43.7 Å². The van der Waals surface area contributed by atoms with E-state index in [4.69, 9.17) is 17.0 Å². The zero-order chi connectivity index (χ0) is 25.5. The van der Waals surface area contributed by atoms with Gasteiger partial charge in [0, 0.05) is 22.1 Å². The molecule has 0 atom stereocenters. The van der Waals surface area contributed by atoms with Gasteiger partial charge in [-0.3, -0.25) is 0 Å². The molecule has 1 aliphatic rings. The van der Waals surface area contributed by atoms with Gasteiger partial charge in [0.1, 0.15) is 0 Å². The number of fused-ring (bicyclic) bond motifs is 8. The molecule has 0 bridgehead atoms. The van der Waals surface area contributed by atoms with Crippen molar-refractivity contribution >= 4 is 59.1 Å². The van der Waals surface area contributed by atoms with E-state index in [0.717, 1.165) is 15.9 Å². The molecule has 36 heavy (non-hydrogen) atoms. The van der Waals surface area contributed by atoms with Crippen LogP contribution in [0.5, 0.6) is 0 Å². The number of aryl methyl sites for hydroxylation is 1. The van der Waals surface area contributed by atoms with Gasteiger partial charge < -0.3 is 4.57 Å². The quantitative estimate of drug-likeness (QED) is 0.120. The van der Waals surface area contributed by atoms with Gasteiger partial charge in [-0.05, 0) is 23.4 Å². The first-order valence-corrected chi connectivity index (χ1v) is 20.1. The van der Waals surface area contributed by atoms with Gasteiger partial charge in [-0.2, -0.15) is 29.8 Å². The molecule has 0 N–H and O–H groups in total. The van der Waals surface area contributed by atoms with Crippen LogP contribution in [0.4, 0.5) is 0 Å². The predicted octanol–water partition coefficient (Wildman–Crippen LogP) is 9.42. The van der Waals surface area contributed by atoms with Crippen LogP contribution in [0.15, 0.2) is 97.1 Å². The minimum absolute atomic E-state index is 0.826. The Balaban J connectivity index is 0.000000142. The third-order valence-electron chi connectivity index (χ3n) is 6.29. The zero-order valence-electron chi connectivity index (χ0n) is 20.6. The number of halogens is 2. The molecule has 0 amide bonds. The molecule has 0 fully saturated rings. The Morgan fingerprint density at radius 2 is 1.44 bits per heavy atom. The van der Waals surface area contributed by atoms with E-state index in [0.29, 0.717) is 0 Å². The van der Waals surface area contributed by atoms with E-state index < -0.39 is 20.8 Å². The molecular weight excluding hydrogens is 577 g/mol. The molecule has 178 valence electrons. The molecule has 5 heteroatoms.